The third-order valence-electron chi connectivity index (χ3n) is 2.43. The van der Waals surface area contributed by atoms with Gasteiger partial charge in [-0.25, -0.2) is 0 Å². The van der Waals surface area contributed by atoms with E-state index in [0.717, 1.165) is 9.35 Å². The topological polar surface area (TPSA) is 67.4 Å². The highest BCUT2D eigenvalue weighted by atomic mass is 79.9. The largest absolute Gasteiger partial charge is 0.383 e. The molecule has 106 valence electrons. The highest BCUT2D eigenvalue weighted by molar-refractivity contribution is 9.11. The predicted octanol–water partition coefficient (Wildman–Crippen LogP) is 1.70. The minimum Gasteiger partial charge on any atom is -0.383 e. The van der Waals surface area contributed by atoms with Crippen molar-refractivity contribution < 1.29 is 14.3 Å². The van der Waals surface area contributed by atoms with Crippen molar-refractivity contribution in [2.45, 2.75) is 19.9 Å². The fourth-order valence-corrected chi connectivity index (χ4v) is 2.77. The Labute approximate surface area is 124 Å². The maximum absolute atomic E-state index is 11.9. The smallest absolute Gasteiger partial charge is 0.262 e. The van der Waals surface area contributed by atoms with Gasteiger partial charge in [-0.2, -0.15) is 0 Å². The van der Waals surface area contributed by atoms with Gasteiger partial charge in [0.15, 0.2) is 0 Å². The van der Waals surface area contributed by atoms with Gasteiger partial charge in [0.25, 0.3) is 5.91 Å². The summed E-state index contributed by atoms with van der Waals surface area (Å²) < 4.78 is 5.76. The molecule has 7 heteroatoms. The average molecular weight is 349 g/mol. The molecule has 19 heavy (non-hydrogen) atoms. The summed E-state index contributed by atoms with van der Waals surface area (Å²) in [6.45, 7) is 4.44. The second kappa shape index (κ2) is 7.62. The van der Waals surface area contributed by atoms with Gasteiger partial charge >= 0.3 is 0 Å². The van der Waals surface area contributed by atoms with Gasteiger partial charge in [0.1, 0.15) is 6.04 Å². The van der Waals surface area contributed by atoms with E-state index in [1.165, 1.54) is 11.3 Å². The van der Waals surface area contributed by atoms with Crippen LogP contribution in [0.3, 0.4) is 0 Å². The normalized spacial score (nSPS) is 12.0. The molecule has 0 saturated carbocycles. The van der Waals surface area contributed by atoms with Crippen LogP contribution in [0.25, 0.3) is 0 Å². The number of carbonyl (C=O) groups excluding carboxylic acids is 2. The van der Waals surface area contributed by atoms with Crippen molar-refractivity contribution in [2.75, 3.05) is 20.3 Å². The molecule has 1 heterocycles. The third-order valence-corrected chi connectivity index (χ3v) is 4.56. The molecule has 0 fully saturated rings. The van der Waals surface area contributed by atoms with Crippen molar-refractivity contribution in [3.05, 3.63) is 20.3 Å². The zero-order chi connectivity index (χ0) is 14.4. The van der Waals surface area contributed by atoms with Gasteiger partial charge in [-0.15, -0.1) is 11.3 Å². The number of carbonyl (C=O) groups is 2. The number of methoxy groups -OCH3 is 1. The Morgan fingerprint density at radius 2 is 2.21 bits per heavy atom. The number of amides is 2. The van der Waals surface area contributed by atoms with Crippen LogP contribution in [-0.4, -0.2) is 38.1 Å². The molecule has 1 aromatic heterocycles. The fourth-order valence-electron chi connectivity index (χ4n) is 1.33. The maximum atomic E-state index is 11.9. The van der Waals surface area contributed by atoms with E-state index in [2.05, 4.69) is 26.6 Å². The number of aryl methyl sites for hydroxylation is 1. The summed E-state index contributed by atoms with van der Waals surface area (Å²) in [4.78, 5) is 24.2. The molecule has 0 aliphatic rings. The quantitative estimate of drug-likeness (QED) is 0.769. The lowest BCUT2D eigenvalue weighted by Gasteiger charge is -2.13. The number of hydrogen-bond donors (Lipinski definition) is 2. The van der Waals surface area contributed by atoms with Gasteiger partial charge in [0.05, 0.1) is 15.3 Å². The molecule has 1 aromatic rings. The lowest BCUT2D eigenvalue weighted by molar-refractivity contribution is -0.122. The van der Waals surface area contributed by atoms with E-state index in [0.29, 0.717) is 18.0 Å². The summed E-state index contributed by atoms with van der Waals surface area (Å²) in [5.74, 6) is -0.467. The SMILES string of the molecule is COCCNC(=O)C(C)NC(=O)c1cc(C)c(Br)s1. The highest BCUT2D eigenvalue weighted by Gasteiger charge is 2.18. The first-order chi connectivity index (χ1) is 8.95. The van der Waals surface area contributed by atoms with Crippen molar-refractivity contribution in [2.24, 2.45) is 0 Å². The fraction of sp³-hybridized carbons (Fsp3) is 0.500. The number of nitrogens with one attached hydrogen (secondary N) is 2. The highest BCUT2D eigenvalue weighted by Crippen LogP contribution is 2.27. The van der Waals surface area contributed by atoms with E-state index in [9.17, 15) is 9.59 Å². The molecule has 1 atom stereocenters. The molecule has 0 aliphatic carbocycles. The minimum absolute atomic E-state index is 0.224. The second-order valence-electron chi connectivity index (χ2n) is 4.05. The Kier molecular flexibility index (Phi) is 6.47. The summed E-state index contributed by atoms with van der Waals surface area (Å²) in [6, 6.07) is 1.21. The maximum Gasteiger partial charge on any atom is 0.262 e. The molecule has 5 nitrogen and oxygen atoms in total. The Balaban J connectivity index is 2.49. The number of thiophene rings is 1. The van der Waals surface area contributed by atoms with Crippen LogP contribution < -0.4 is 10.6 Å². The zero-order valence-corrected chi connectivity index (χ0v) is 13.5. The van der Waals surface area contributed by atoms with E-state index in [1.807, 2.05) is 6.92 Å². The van der Waals surface area contributed by atoms with Crippen LogP contribution in [0.5, 0.6) is 0 Å². The van der Waals surface area contributed by atoms with Crippen molar-refractivity contribution in [1.29, 1.82) is 0 Å². The van der Waals surface area contributed by atoms with Crippen molar-refractivity contribution >= 4 is 39.1 Å². The van der Waals surface area contributed by atoms with E-state index >= 15 is 0 Å². The molecule has 2 N–H and O–H groups in total. The summed E-state index contributed by atoms with van der Waals surface area (Å²) in [5.41, 5.74) is 1.01. The van der Waals surface area contributed by atoms with Crippen LogP contribution in [0, 0.1) is 6.92 Å². The molecular weight excluding hydrogens is 332 g/mol. The molecule has 1 rings (SSSR count). The lowest BCUT2D eigenvalue weighted by Crippen LogP contribution is -2.45. The zero-order valence-electron chi connectivity index (χ0n) is 11.1. The number of ether oxygens (including phenoxy) is 1. The molecular formula is C12H17BrN2O3S. The van der Waals surface area contributed by atoms with E-state index in [-0.39, 0.29) is 11.8 Å². The summed E-state index contributed by atoms with van der Waals surface area (Å²) in [7, 11) is 1.56. The van der Waals surface area contributed by atoms with Crippen molar-refractivity contribution in [3.8, 4) is 0 Å². The molecule has 1 unspecified atom stereocenters. The van der Waals surface area contributed by atoms with Gasteiger partial charge in [-0.3, -0.25) is 9.59 Å². The van der Waals surface area contributed by atoms with Crippen LogP contribution in [0.15, 0.2) is 9.85 Å². The Bertz CT molecular complexity index is 442. The van der Waals surface area contributed by atoms with E-state index in [4.69, 9.17) is 4.74 Å². The molecule has 0 aromatic carbocycles. The molecule has 2 amide bonds. The van der Waals surface area contributed by atoms with Crippen LogP contribution in [0.2, 0.25) is 0 Å². The van der Waals surface area contributed by atoms with Crippen LogP contribution >= 0.6 is 27.3 Å². The number of hydrogen-bond acceptors (Lipinski definition) is 4. The molecule has 0 radical (unpaired) electrons. The van der Waals surface area contributed by atoms with Gasteiger partial charge in [0.2, 0.25) is 5.91 Å². The number of rotatable bonds is 6. The second-order valence-corrected chi connectivity index (χ2v) is 6.42. The monoisotopic (exact) mass is 348 g/mol. The number of halogens is 1. The Morgan fingerprint density at radius 1 is 1.53 bits per heavy atom. The van der Waals surface area contributed by atoms with Gasteiger partial charge < -0.3 is 15.4 Å². The summed E-state index contributed by atoms with van der Waals surface area (Å²) in [6.07, 6.45) is 0. The summed E-state index contributed by atoms with van der Waals surface area (Å²) in [5, 5.41) is 5.33. The Hall–Kier alpha value is -0.920. The van der Waals surface area contributed by atoms with Crippen LogP contribution in [-0.2, 0) is 9.53 Å². The summed E-state index contributed by atoms with van der Waals surface area (Å²) >= 11 is 4.72. The van der Waals surface area contributed by atoms with Crippen LogP contribution in [0.1, 0.15) is 22.2 Å². The lowest BCUT2D eigenvalue weighted by atomic mass is 10.3. The van der Waals surface area contributed by atoms with Crippen molar-refractivity contribution in [3.63, 3.8) is 0 Å². The third kappa shape index (κ3) is 4.93. The van der Waals surface area contributed by atoms with Gasteiger partial charge in [-0.1, -0.05) is 0 Å². The first-order valence-electron chi connectivity index (χ1n) is 5.79. The minimum atomic E-state index is -0.578. The van der Waals surface area contributed by atoms with Gasteiger partial charge in [0, 0.05) is 13.7 Å². The molecule has 0 bridgehead atoms. The van der Waals surface area contributed by atoms with Gasteiger partial charge in [-0.05, 0) is 41.4 Å². The van der Waals surface area contributed by atoms with Crippen molar-refractivity contribution in [1.82, 2.24) is 10.6 Å². The average Bonchev–Trinajstić information content (AvgIpc) is 2.70. The first-order valence-corrected chi connectivity index (χ1v) is 7.40. The van der Waals surface area contributed by atoms with Crippen LogP contribution in [0.4, 0.5) is 0 Å². The molecule has 0 saturated heterocycles. The standard InChI is InChI=1S/C12H17BrN2O3S/c1-7-6-9(19-10(7)13)12(17)15-8(2)11(16)14-4-5-18-3/h6,8H,4-5H2,1-3H3,(H,14,16)(H,15,17). The van der Waals surface area contributed by atoms with E-state index in [1.54, 1.807) is 20.1 Å². The molecule has 0 spiro atoms. The van der Waals surface area contributed by atoms with E-state index < -0.39 is 6.04 Å². The molecule has 0 aliphatic heterocycles. The predicted molar refractivity (Wildman–Crippen MR) is 78.6 cm³/mol. The Morgan fingerprint density at radius 3 is 2.74 bits per heavy atom. The first kappa shape index (κ1) is 16.1.